The number of halogens is 1. The fourth-order valence-electron chi connectivity index (χ4n) is 4.08. The first-order chi connectivity index (χ1) is 9.28. The largest absolute Gasteiger partial charge is 0.459 e. The Balaban J connectivity index is 1.68. The number of nitrogens with one attached hydrogen (secondary N) is 1. The van der Waals surface area contributed by atoms with E-state index in [1.165, 1.54) is 19.3 Å². The Bertz CT molecular complexity index is 610. The highest BCUT2D eigenvalue weighted by atomic mass is 35.5. The number of hydrogen-bond acceptors (Lipinski definition) is 2. The molecule has 2 fully saturated rings. The molecule has 2 aliphatic carbocycles. The summed E-state index contributed by atoms with van der Waals surface area (Å²) in [4.78, 5) is 0. The molecule has 0 saturated heterocycles. The summed E-state index contributed by atoms with van der Waals surface area (Å²) in [6.45, 7) is 0. The molecule has 19 heavy (non-hydrogen) atoms. The second-order valence-electron chi connectivity index (χ2n) is 5.93. The number of rotatable bonds is 3. The van der Waals surface area contributed by atoms with Crippen molar-refractivity contribution in [3.63, 3.8) is 0 Å². The average molecular weight is 276 g/mol. The monoisotopic (exact) mass is 275 g/mol. The van der Waals surface area contributed by atoms with Crippen molar-refractivity contribution in [2.75, 3.05) is 7.05 Å². The smallest absolute Gasteiger partial charge is 0.134 e. The fraction of sp³-hybridized carbons (Fsp3) is 0.500. The Morgan fingerprint density at radius 1 is 1.26 bits per heavy atom. The molecule has 0 radical (unpaired) electrons. The lowest BCUT2D eigenvalue weighted by atomic mass is 10.0. The summed E-state index contributed by atoms with van der Waals surface area (Å²) in [6, 6.07) is 8.33. The molecule has 2 nitrogen and oxygen atoms in total. The summed E-state index contributed by atoms with van der Waals surface area (Å²) in [6.07, 6.45) is 4.22. The number of furan rings is 1. The van der Waals surface area contributed by atoms with E-state index in [9.17, 15) is 0 Å². The minimum Gasteiger partial charge on any atom is -0.459 e. The number of fused-ring (bicyclic) bond motifs is 2. The predicted octanol–water partition coefficient (Wildman–Crippen LogP) is 4.39. The summed E-state index contributed by atoms with van der Waals surface area (Å²) in [5, 5.41) is 5.33. The molecule has 1 aromatic heterocycles. The molecule has 3 heteroatoms. The minimum absolute atomic E-state index is 0.362. The van der Waals surface area contributed by atoms with Crippen LogP contribution < -0.4 is 5.32 Å². The van der Waals surface area contributed by atoms with Crippen LogP contribution in [-0.2, 0) is 0 Å². The van der Waals surface area contributed by atoms with Crippen LogP contribution in [-0.4, -0.2) is 7.05 Å². The van der Waals surface area contributed by atoms with E-state index in [-0.39, 0.29) is 0 Å². The fourth-order valence-corrected chi connectivity index (χ4v) is 4.26. The van der Waals surface area contributed by atoms with E-state index in [0.717, 1.165) is 39.5 Å². The van der Waals surface area contributed by atoms with Gasteiger partial charge in [0.1, 0.15) is 11.3 Å². The SMILES string of the molecule is CNC(c1cc2cc(Cl)ccc2o1)C1C2CCCC21. The second kappa shape index (κ2) is 4.26. The third-order valence-corrected chi connectivity index (χ3v) is 5.21. The number of benzene rings is 1. The van der Waals surface area contributed by atoms with Gasteiger partial charge in [0.15, 0.2) is 0 Å². The van der Waals surface area contributed by atoms with Crippen molar-refractivity contribution >= 4 is 22.6 Å². The maximum absolute atomic E-state index is 6.04. The zero-order chi connectivity index (χ0) is 13.0. The van der Waals surface area contributed by atoms with Crippen molar-refractivity contribution in [2.45, 2.75) is 25.3 Å². The molecule has 4 rings (SSSR count). The molecule has 0 aliphatic heterocycles. The summed E-state index contributed by atoms with van der Waals surface area (Å²) >= 11 is 6.04. The van der Waals surface area contributed by atoms with Gasteiger partial charge in [0.05, 0.1) is 6.04 Å². The average Bonchev–Trinajstić information content (AvgIpc) is 2.81. The first-order valence-corrected chi connectivity index (χ1v) is 7.52. The summed E-state index contributed by atoms with van der Waals surface area (Å²) in [5.41, 5.74) is 0.936. The van der Waals surface area contributed by atoms with E-state index in [1.54, 1.807) is 0 Å². The van der Waals surface area contributed by atoms with Gasteiger partial charge < -0.3 is 9.73 Å². The van der Waals surface area contributed by atoms with Crippen LogP contribution in [0.25, 0.3) is 11.0 Å². The molecular weight excluding hydrogens is 258 g/mol. The van der Waals surface area contributed by atoms with Crippen LogP contribution in [0, 0.1) is 17.8 Å². The molecule has 1 aromatic carbocycles. The van der Waals surface area contributed by atoms with Gasteiger partial charge in [0, 0.05) is 10.4 Å². The van der Waals surface area contributed by atoms with E-state index in [1.807, 2.05) is 25.2 Å². The highest BCUT2D eigenvalue weighted by Gasteiger charge is 2.56. The van der Waals surface area contributed by atoms with Crippen LogP contribution in [0.15, 0.2) is 28.7 Å². The third kappa shape index (κ3) is 1.81. The van der Waals surface area contributed by atoms with Crippen molar-refractivity contribution in [3.05, 3.63) is 35.0 Å². The number of hydrogen-bond donors (Lipinski definition) is 1. The maximum atomic E-state index is 6.04. The van der Waals surface area contributed by atoms with Gasteiger partial charge in [-0.15, -0.1) is 0 Å². The zero-order valence-electron chi connectivity index (χ0n) is 11.0. The van der Waals surface area contributed by atoms with Crippen molar-refractivity contribution in [1.29, 1.82) is 0 Å². The summed E-state index contributed by atoms with van der Waals surface area (Å²) in [7, 11) is 2.04. The molecule has 3 unspecified atom stereocenters. The quantitative estimate of drug-likeness (QED) is 0.898. The van der Waals surface area contributed by atoms with Gasteiger partial charge in [-0.05, 0) is 61.9 Å². The second-order valence-corrected chi connectivity index (χ2v) is 6.37. The van der Waals surface area contributed by atoms with E-state index in [2.05, 4.69) is 11.4 Å². The van der Waals surface area contributed by atoms with Crippen molar-refractivity contribution in [1.82, 2.24) is 5.32 Å². The van der Waals surface area contributed by atoms with Gasteiger partial charge in [0.25, 0.3) is 0 Å². The van der Waals surface area contributed by atoms with Crippen LogP contribution in [0.1, 0.15) is 31.1 Å². The molecule has 2 aliphatic rings. The zero-order valence-corrected chi connectivity index (χ0v) is 11.8. The standard InChI is InChI=1S/C16H18ClNO/c1-18-16(15-11-3-2-4-12(11)15)14-8-9-7-10(17)5-6-13(9)19-14/h5-8,11-12,15-16,18H,2-4H2,1H3. The van der Waals surface area contributed by atoms with Crippen LogP contribution in [0.3, 0.4) is 0 Å². The molecule has 0 bridgehead atoms. The van der Waals surface area contributed by atoms with E-state index in [0.29, 0.717) is 6.04 Å². The third-order valence-electron chi connectivity index (χ3n) is 4.97. The molecular formula is C16H18ClNO. The molecule has 0 spiro atoms. The van der Waals surface area contributed by atoms with Gasteiger partial charge >= 0.3 is 0 Å². The lowest BCUT2D eigenvalue weighted by Gasteiger charge is -2.15. The summed E-state index contributed by atoms with van der Waals surface area (Å²) in [5.74, 6) is 3.69. The molecule has 0 amide bonds. The van der Waals surface area contributed by atoms with Crippen molar-refractivity contribution < 1.29 is 4.42 Å². The van der Waals surface area contributed by atoms with Crippen LogP contribution in [0.4, 0.5) is 0 Å². The van der Waals surface area contributed by atoms with Crippen LogP contribution in [0.2, 0.25) is 5.02 Å². The Morgan fingerprint density at radius 3 is 2.79 bits per heavy atom. The molecule has 1 N–H and O–H groups in total. The Hall–Kier alpha value is -0.990. The Morgan fingerprint density at radius 2 is 2.05 bits per heavy atom. The molecule has 2 aromatic rings. The minimum atomic E-state index is 0.362. The normalized spacial score (nSPS) is 30.5. The van der Waals surface area contributed by atoms with Crippen LogP contribution >= 0.6 is 11.6 Å². The molecule has 100 valence electrons. The van der Waals surface area contributed by atoms with E-state index in [4.69, 9.17) is 16.0 Å². The van der Waals surface area contributed by atoms with Crippen molar-refractivity contribution in [3.8, 4) is 0 Å². The highest BCUT2D eigenvalue weighted by Crippen LogP contribution is 2.62. The Labute approximate surface area is 118 Å². The molecule has 3 atom stereocenters. The van der Waals surface area contributed by atoms with Crippen molar-refractivity contribution in [2.24, 2.45) is 17.8 Å². The van der Waals surface area contributed by atoms with Gasteiger partial charge in [0.2, 0.25) is 0 Å². The molecule has 1 heterocycles. The van der Waals surface area contributed by atoms with Gasteiger partial charge in [-0.1, -0.05) is 18.0 Å². The van der Waals surface area contributed by atoms with Crippen LogP contribution in [0.5, 0.6) is 0 Å². The lowest BCUT2D eigenvalue weighted by Crippen LogP contribution is -2.19. The van der Waals surface area contributed by atoms with E-state index >= 15 is 0 Å². The lowest BCUT2D eigenvalue weighted by molar-refractivity contribution is 0.378. The maximum Gasteiger partial charge on any atom is 0.134 e. The highest BCUT2D eigenvalue weighted by molar-refractivity contribution is 6.31. The van der Waals surface area contributed by atoms with E-state index < -0.39 is 0 Å². The van der Waals surface area contributed by atoms with Gasteiger partial charge in [-0.2, -0.15) is 0 Å². The first kappa shape index (κ1) is 11.8. The predicted molar refractivity (Wildman–Crippen MR) is 77.3 cm³/mol. The Kier molecular flexibility index (Phi) is 2.64. The van der Waals surface area contributed by atoms with Gasteiger partial charge in [-0.3, -0.25) is 0 Å². The summed E-state index contributed by atoms with van der Waals surface area (Å²) < 4.78 is 6.02. The topological polar surface area (TPSA) is 25.2 Å². The first-order valence-electron chi connectivity index (χ1n) is 7.14. The van der Waals surface area contributed by atoms with Gasteiger partial charge in [-0.25, -0.2) is 0 Å². The molecule has 2 saturated carbocycles.